The highest BCUT2D eigenvalue weighted by Crippen LogP contribution is 2.30. The van der Waals surface area contributed by atoms with E-state index in [-0.39, 0.29) is 5.97 Å². The fourth-order valence-corrected chi connectivity index (χ4v) is 3.86. The van der Waals surface area contributed by atoms with Gasteiger partial charge in [0.05, 0.1) is 18.0 Å². The summed E-state index contributed by atoms with van der Waals surface area (Å²) >= 11 is 0. The topological polar surface area (TPSA) is 69.0 Å². The van der Waals surface area contributed by atoms with Gasteiger partial charge >= 0.3 is 5.97 Å². The van der Waals surface area contributed by atoms with Crippen LogP contribution in [0.2, 0.25) is 0 Å². The summed E-state index contributed by atoms with van der Waals surface area (Å²) in [6.07, 6.45) is 8.73. The number of esters is 1. The van der Waals surface area contributed by atoms with Crippen LogP contribution in [0.5, 0.6) is 0 Å². The van der Waals surface area contributed by atoms with Crippen LogP contribution in [0.25, 0.3) is 11.4 Å². The number of fused-ring (bicyclic) bond motifs is 3. The Balaban J connectivity index is 1.69. The Morgan fingerprint density at radius 3 is 2.96 bits per heavy atom. The largest absolute Gasteiger partial charge is 0.461 e. The first kappa shape index (κ1) is 16.1. The molecule has 2 aliphatic rings. The second kappa shape index (κ2) is 6.86. The van der Waals surface area contributed by atoms with E-state index in [1.54, 1.807) is 0 Å². The second-order valence-electron chi connectivity index (χ2n) is 6.77. The number of hydrogen-bond donors (Lipinski definition) is 1. The molecular formula is C19H24N4O2. The van der Waals surface area contributed by atoms with E-state index in [2.05, 4.69) is 10.3 Å². The number of carbonyl (C=O) groups excluding carboxylic acids is 1. The summed E-state index contributed by atoms with van der Waals surface area (Å²) in [4.78, 5) is 21.5. The molecule has 0 saturated heterocycles. The van der Waals surface area contributed by atoms with Gasteiger partial charge in [0, 0.05) is 18.8 Å². The normalized spacial score (nSPS) is 16.8. The van der Waals surface area contributed by atoms with E-state index in [4.69, 9.17) is 9.72 Å². The fraction of sp³-hybridized carbons (Fsp3) is 0.526. The van der Waals surface area contributed by atoms with Gasteiger partial charge in [-0.25, -0.2) is 14.8 Å². The van der Waals surface area contributed by atoms with Gasteiger partial charge in [-0.3, -0.25) is 0 Å². The molecule has 0 aromatic carbocycles. The molecule has 0 unspecified atom stereocenters. The van der Waals surface area contributed by atoms with Crippen LogP contribution in [0.3, 0.4) is 0 Å². The van der Waals surface area contributed by atoms with Gasteiger partial charge < -0.3 is 14.6 Å². The second-order valence-corrected chi connectivity index (χ2v) is 6.77. The number of aryl methyl sites for hydroxylation is 1. The van der Waals surface area contributed by atoms with Gasteiger partial charge in [0.2, 0.25) is 5.95 Å². The fourth-order valence-electron chi connectivity index (χ4n) is 3.86. The first-order valence-corrected chi connectivity index (χ1v) is 9.25. The molecule has 0 amide bonds. The molecule has 0 radical (unpaired) electrons. The molecule has 2 aromatic heterocycles. The highest BCUT2D eigenvalue weighted by atomic mass is 16.5. The number of nitrogens with one attached hydrogen (secondary N) is 1. The van der Waals surface area contributed by atoms with E-state index in [1.165, 1.54) is 25.7 Å². The summed E-state index contributed by atoms with van der Waals surface area (Å²) in [6.45, 7) is 3.00. The Kier molecular flexibility index (Phi) is 4.42. The molecule has 1 saturated carbocycles. The molecule has 1 fully saturated rings. The Bertz CT molecular complexity index is 778. The molecule has 6 nitrogen and oxygen atoms in total. The van der Waals surface area contributed by atoms with Crippen LogP contribution in [0.1, 0.15) is 55.1 Å². The predicted octanol–water partition coefficient (Wildman–Crippen LogP) is 3.42. The molecule has 0 spiro atoms. The lowest BCUT2D eigenvalue weighted by Gasteiger charge is -2.14. The number of ether oxygens (including phenoxy) is 1. The molecule has 4 rings (SSSR count). The maximum Gasteiger partial charge on any atom is 0.354 e. The summed E-state index contributed by atoms with van der Waals surface area (Å²) in [7, 11) is 0. The van der Waals surface area contributed by atoms with Crippen LogP contribution < -0.4 is 5.32 Å². The maximum absolute atomic E-state index is 12.2. The van der Waals surface area contributed by atoms with Crippen molar-refractivity contribution in [3.63, 3.8) is 0 Å². The first-order valence-electron chi connectivity index (χ1n) is 9.25. The standard InChI is InChI=1S/C19H24N4O2/c1-2-25-18(24)16-10-9-15-17-13(6-5-11-23(15)16)12-20-19(22-17)21-14-7-3-4-8-14/h9-10,12,14H,2-8,11H2,1H3,(H,20,21,22). The van der Waals surface area contributed by atoms with Crippen molar-refractivity contribution in [1.29, 1.82) is 0 Å². The van der Waals surface area contributed by atoms with E-state index >= 15 is 0 Å². The highest BCUT2D eigenvalue weighted by Gasteiger charge is 2.23. The number of hydrogen-bond acceptors (Lipinski definition) is 5. The summed E-state index contributed by atoms with van der Waals surface area (Å²) in [5.74, 6) is 0.425. The lowest BCUT2D eigenvalue weighted by atomic mass is 10.1. The zero-order chi connectivity index (χ0) is 17.2. The van der Waals surface area contributed by atoms with Gasteiger partial charge in [-0.2, -0.15) is 0 Å². The minimum Gasteiger partial charge on any atom is -0.461 e. The summed E-state index contributed by atoms with van der Waals surface area (Å²) in [6, 6.07) is 4.29. The van der Waals surface area contributed by atoms with Gasteiger partial charge in [0.1, 0.15) is 5.69 Å². The van der Waals surface area contributed by atoms with Gasteiger partial charge in [0.15, 0.2) is 0 Å². The van der Waals surface area contributed by atoms with Crippen LogP contribution in [0, 0.1) is 0 Å². The Labute approximate surface area is 147 Å². The molecular weight excluding hydrogens is 316 g/mol. The molecule has 3 heterocycles. The quantitative estimate of drug-likeness (QED) is 0.864. The smallest absolute Gasteiger partial charge is 0.354 e. The Morgan fingerprint density at radius 1 is 1.32 bits per heavy atom. The molecule has 25 heavy (non-hydrogen) atoms. The van der Waals surface area contributed by atoms with Gasteiger partial charge in [0.25, 0.3) is 0 Å². The average molecular weight is 340 g/mol. The maximum atomic E-state index is 12.2. The predicted molar refractivity (Wildman–Crippen MR) is 95.6 cm³/mol. The molecule has 6 heteroatoms. The zero-order valence-corrected chi connectivity index (χ0v) is 14.6. The lowest BCUT2D eigenvalue weighted by molar-refractivity contribution is 0.0514. The van der Waals surface area contributed by atoms with Gasteiger partial charge in [-0.15, -0.1) is 0 Å². The number of rotatable bonds is 4. The molecule has 132 valence electrons. The molecule has 0 atom stereocenters. The molecule has 1 N–H and O–H groups in total. The van der Waals surface area contributed by atoms with Crippen LogP contribution >= 0.6 is 0 Å². The van der Waals surface area contributed by atoms with E-state index < -0.39 is 0 Å². The zero-order valence-electron chi connectivity index (χ0n) is 14.6. The minimum absolute atomic E-state index is 0.268. The number of carbonyl (C=O) groups is 1. The number of aromatic nitrogens is 3. The van der Waals surface area contributed by atoms with Crippen molar-refractivity contribution in [1.82, 2.24) is 14.5 Å². The van der Waals surface area contributed by atoms with Crippen molar-refractivity contribution < 1.29 is 9.53 Å². The molecule has 0 bridgehead atoms. The van der Waals surface area contributed by atoms with Crippen molar-refractivity contribution in [3.05, 3.63) is 29.6 Å². The van der Waals surface area contributed by atoms with Crippen LogP contribution in [-0.4, -0.2) is 33.2 Å². The van der Waals surface area contributed by atoms with E-state index in [1.807, 2.05) is 29.8 Å². The van der Waals surface area contributed by atoms with E-state index in [0.29, 0.717) is 24.3 Å². The average Bonchev–Trinajstić information content (AvgIpc) is 3.23. The monoisotopic (exact) mass is 340 g/mol. The van der Waals surface area contributed by atoms with Crippen molar-refractivity contribution in [2.45, 2.75) is 58.0 Å². The SMILES string of the molecule is CCOC(=O)c1ccc2n1CCCc1cnc(NC3CCCC3)nc1-2. The van der Waals surface area contributed by atoms with Gasteiger partial charge in [-0.1, -0.05) is 12.8 Å². The lowest BCUT2D eigenvalue weighted by Crippen LogP contribution is -2.17. The minimum atomic E-state index is -0.268. The highest BCUT2D eigenvalue weighted by molar-refractivity contribution is 5.89. The molecule has 1 aliphatic carbocycles. The van der Waals surface area contributed by atoms with Crippen molar-refractivity contribution in [3.8, 4) is 11.4 Å². The number of anilines is 1. The molecule has 1 aliphatic heterocycles. The third-order valence-corrected chi connectivity index (χ3v) is 5.09. The first-order chi connectivity index (χ1) is 12.3. The summed E-state index contributed by atoms with van der Waals surface area (Å²) < 4.78 is 7.23. The summed E-state index contributed by atoms with van der Waals surface area (Å²) in [5.41, 5.74) is 3.66. The van der Waals surface area contributed by atoms with Crippen molar-refractivity contribution in [2.75, 3.05) is 11.9 Å². The van der Waals surface area contributed by atoms with Crippen molar-refractivity contribution >= 4 is 11.9 Å². The van der Waals surface area contributed by atoms with E-state index in [9.17, 15) is 4.79 Å². The molecule has 2 aromatic rings. The third-order valence-electron chi connectivity index (χ3n) is 5.09. The van der Waals surface area contributed by atoms with Crippen LogP contribution in [0.4, 0.5) is 5.95 Å². The van der Waals surface area contributed by atoms with Crippen molar-refractivity contribution in [2.24, 2.45) is 0 Å². The summed E-state index contributed by atoms with van der Waals surface area (Å²) in [5, 5.41) is 3.47. The van der Waals surface area contributed by atoms with Crippen LogP contribution in [-0.2, 0) is 17.7 Å². The van der Waals surface area contributed by atoms with Crippen LogP contribution in [0.15, 0.2) is 18.3 Å². The van der Waals surface area contributed by atoms with E-state index in [0.717, 1.165) is 36.3 Å². The van der Waals surface area contributed by atoms with Gasteiger partial charge in [-0.05, 0) is 50.3 Å². The number of nitrogens with zero attached hydrogens (tertiary/aromatic N) is 3. The Morgan fingerprint density at radius 2 is 2.16 bits per heavy atom. The Hall–Kier alpha value is -2.37. The third kappa shape index (κ3) is 3.13.